The third-order valence-corrected chi connectivity index (χ3v) is 7.25. The van der Waals surface area contributed by atoms with Crippen LogP contribution in [0.15, 0.2) is 42.7 Å². The lowest BCUT2D eigenvalue weighted by Gasteiger charge is -2.28. The van der Waals surface area contributed by atoms with Gasteiger partial charge >= 0.3 is 0 Å². The van der Waals surface area contributed by atoms with Crippen molar-refractivity contribution in [3.63, 3.8) is 0 Å². The number of hydrogen-bond donors (Lipinski definition) is 0. The highest BCUT2D eigenvalue weighted by Crippen LogP contribution is 2.36. The number of nitrogens with zero attached hydrogens (tertiary/aromatic N) is 6. The minimum Gasteiger partial charge on any atom is -0.324 e. The Morgan fingerprint density at radius 3 is 2.63 bits per heavy atom. The summed E-state index contributed by atoms with van der Waals surface area (Å²) in [6, 6.07) is 10.6. The molecule has 1 aliphatic carbocycles. The molecule has 178 valence electrons. The average Bonchev–Trinajstić information content (AvgIpc) is 3.22. The van der Waals surface area contributed by atoms with Gasteiger partial charge in [-0.05, 0) is 42.4 Å². The Kier molecular flexibility index (Phi) is 6.48. The topological polar surface area (TPSA) is 80.3 Å². The first-order chi connectivity index (χ1) is 16.9. The molecule has 0 bridgehead atoms. The van der Waals surface area contributed by atoms with Crippen LogP contribution in [0.3, 0.4) is 0 Å². The van der Waals surface area contributed by atoms with E-state index in [2.05, 4.69) is 26.4 Å². The minimum atomic E-state index is -0.316. The maximum Gasteiger partial charge on any atom is 0.234 e. The summed E-state index contributed by atoms with van der Waals surface area (Å²) in [5.74, 6) is 1.35. The highest BCUT2D eigenvalue weighted by molar-refractivity contribution is 6.30. The van der Waals surface area contributed by atoms with Crippen molar-refractivity contribution >= 4 is 22.8 Å². The van der Waals surface area contributed by atoms with Crippen LogP contribution in [0.5, 0.6) is 0 Å². The number of rotatable bonds is 5. The third kappa shape index (κ3) is 4.63. The highest BCUT2D eigenvalue weighted by Gasteiger charge is 2.27. The second-order valence-electron chi connectivity index (χ2n) is 9.52. The predicted octanol–water partition coefficient (Wildman–Crippen LogP) is 6.53. The standard InChI is InChI=1S/C27H26ClFN6/c1-16-7-9-18(10-8-16)15-35-25-24(19-11-20(28)14-31-13-19)32-23(12-30)33-26(25)34-27(35)17(2)21-5-3-4-6-22(21)29/h3-6,11,13-14,16-18H,7-10,15H2,1-2H3. The molecule has 0 spiro atoms. The summed E-state index contributed by atoms with van der Waals surface area (Å²) in [4.78, 5) is 18.1. The molecule has 1 atom stereocenters. The maximum absolute atomic E-state index is 14.8. The summed E-state index contributed by atoms with van der Waals surface area (Å²) in [6.07, 6.45) is 7.86. The Morgan fingerprint density at radius 1 is 1.14 bits per heavy atom. The Balaban J connectivity index is 1.73. The zero-order valence-electron chi connectivity index (χ0n) is 19.7. The van der Waals surface area contributed by atoms with Crippen molar-refractivity contribution < 1.29 is 4.39 Å². The van der Waals surface area contributed by atoms with E-state index in [1.165, 1.54) is 18.9 Å². The van der Waals surface area contributed by atoms with E-state index in [4.69, 9.17) is 16.6 Å². The molecular formula is C27H26ClFN6. The average molecular weight is 489 g/mol. The normalized spacial score (nSPS) is 18.9. The molecule has 0 aliphatic heterocycles. The predicted molar refractivity (Wildman–Crippen MR) is 133 cm³/mol. The lowest BCUT2D eigenvalue weighted by Crippen LogP contribution is -2.20. The van der Waals surface area contributed by atoms with Crippen LogP contribution in [0, 0.1) is 29.0 Å². The number of nitriles is 1. The van der Waals surface area contributed by atoms with Crippen molar-refractivity contribution in [2.75, 3.05) is 0 Å². The Morgan fingerprint density at radius 2 is 1.91 bits per heavy atom. The SMILES string of the molecule is CC1CCC(Cn2c(C(C)c3ccccc3F)nc3nc(C#N)nc(-c4cncc(Cl)c4)c32)CC1. The second kappa shape index (κ2) is 9.71. The van der Waals surface area contributed by atoms with E-state index in [0.717, 1.165) is 30.8 Å². The number of pyridine rings is 1. The van der Waals surface area contributed by atoms with Gasteiger partial charge in [0.15, 0.2) is 5.65 Å². The molecular weight excluding hydrogens is 463 g/mol. The number of aromatic nitrogens is 5. The van der Waals surface area contributed by atoms with Gasteiger partial charge in [0, 0.05) is 30.4 Å². The van der Waals surface area contributed by atoms with Crippen molar-refractivity contribution in [3.8, 4) is 17.3 Å². The highest BCUT2D eigenvalue weighted by atomic mass is 35.5. The maximum atomic E-state index is 14.8. The number of imidazole rings is 1. The zero-order chi connectivity index (χ0) is 24.5. The smallest absolute Gasteiger partial charge is 0.234 e. The fraction of sp³-hybridized carbons (Fsp3) is 0.370. The van der Waals surface area contributed by atoms with Gasteiger partial charge in [0.05, 0.1) is 5.02 Å². The second-order valence-corrected chi connectivity index (χ2v) is 9.96. The van der Waals surface area contributed by atoms with E-state index in [0.29, 0.717) is 39.2 Å². The monoisotopic (exact) mass is 488 g/mol. The molecule has 35 heavy (non-hydrogen) atoms. The van der Waals surface area contributed by atoms with Crippen LogP contribution < -0.4 is 0 Å². The first-order valence-electron chi connectivity index (χ1n) is 12.0. The van der Waals surface area contributed by atoms with Gasteiger partial charge in [-0.25, -0.2) is 14.4 Å². The van der Waals surface area contributed by atoms with Crippen molar-refractivity contribution in [1.82, 2.24) is 24.5 Å². The quantitative estimate of drug-likeness (QED) is 0.319. The van der Waals surface area contributed by atoms with Gasteiger partial charge in [-0.2, -0.15) is 10.2 Å². The van der Waals surface area contributed by atoms with E-state index < -0.39 is 0 Å². The summed E-state index contributed by atoms with van der Waals surface area (Å²) < 4.78 is 16.9. The summed E-state index contributed by atoms with van der Waals surface area (Å²) in [5.41, 5.74) is 2.97. The molecule has 1 aliphatic rings. The largest absolute Gasteiger partial charge is 0.324 e. The van der Waals surface area contributed by atoms with Crippen LogP contribution >= 0.6 is 11.6 Å². The van der Waals surface area contributed by atoms with Gasteiger partial charge in [0.2, 0.25) is 5.82 Å². The van der Waals surface area contributed by atoms with Crippen LogP contribution in [0.25, 0.3) is 22.4 Å². The van der Waals surface area contributed by atoms with Crippen molar-refractivity contribution in [1.29, 1.82) is 5.26 Å². The van der Waals surface area contributed by atoms with E-state index >= 15 is 0 Å². The lowest BCUT2D eigenvalue weighted by atomic mass is 9.83. The van der Waals surface area contributed by atoms with Gasteiger partial charge in [0.25, 0.3) is 0 Å². The number of fused-ring (bicyclic) bond motifs is 1. The fourth-order valence-corrected chi connectivity index (χ4v) is 5.27. The molecule has 0 saturated heterocycles. The molecule has 5 rings (SSSR count). The van der Waals surface area contributed by atoms with E-state index in [1.54, 1.807) is 30.6 Å². The Bertz CT molecular complexity index is 1420. The van der Waals surface area contributed by atoms with Gasteiger partial charge in [-0.3, -0.25) is 4.98 Å². The van der Waals surface area contributed by atoms with Crippen LogP contribution in [0.1, 0.15) is 62.7 Å². The molecule has 0 N–H and O–H groups in total. The van der Waals surface area contributed by atoms with E-state index in [-0.39, 0.29) is 17.6 Å². The number of halogens is 2. The molecule has 3 aromatic heterocycles. The van der Waals surface area contributed by atoms with Gasteiger partial charge in [-0.15, -0.1) is 0 Å². The molecule has 1 fully saturated rings. The third-order valence-electron chi connectivity index (χ3n) is 7.05. The molecule has 3 heterocycles. The summed E-state index contributed by atoms with van der Waals surface area (Å²) in [5, 5.41) is 10.1. The molecule has 0 radical (unpaired) electrons. The summed E-state index contributed by atoms with van der Waals surface area (Å²) >= 11 is 6.25. The molecule has 0 amide bonds. The molecule has 6 nitrogen and oxygen atoms in total. The Labute approximate surface area is 208 Å². The van der Waals surface area contributed by atoms with Crippen LogP contribution in [-0.2, 0) is 6.54 Å². The lowest BCUT2D eigenvalue weighted by molar-refractivity contribution is 0.264. The number of hydrogen-bond acceptors (Lipinski definition) is 5. The van der Waals surface area contributed by atoms with Crippen molar-refractivity contribution in [3.05, 3.63) is 70.8 Å². The Hall–Kier alpha value is -3.37. The fourth-order valence-electron chi connectivity index (χ4n) is 5.10. The van der Waals surface area contributed by atoms with Crippen molar-refractivity contribution in [2.45, 2.75) is 52.0 Å². The summed E-state index contributed by atoms with van der Waals surface area (Å²) in [6.45, 7) is 4.99. The minimum absolute atomic E-state index is 0.0220. The number of benzene rings is 1. The molecule has 4 aromatic rings. The van der Waals surface area contributed by atoms with Crippen LogP contribution in [0.4, 0.5) is 4.39 Å². The zero-order valence-corrected chi connectivity index (χ0v) is 20.5. The molecule has 1 aromatic carbocycles. The van der Waals surface area contributed by atoms with E-state index in [9.17, 15) is 9.65 Å². The van der Waals surface area contributed by atoms with Crippen LogP contribution in [-0.4, -0.2) is 24.5 Å². The first kappa shape index (κ1) is 23.4. The first-order valence-corrected chi connectivity index (χ1v) is 12.4. The van der Waals surface area contributed by atoms with Gasteiger partial charge in [-0.1, -0.05) is 56.5 Å². The summed E-state index contributed by atoms with van der Waals surface area (Å²) in [7, 11) is 0. The van der Waals surface area contributed by atoms with Crippen LogP contribution in [0.2, 0.25) is 5.02 Å². The molecule has 1 unspecified atom stereocenters. The van der Waals surface area contributed by atoms with Gasteiger partial charge in [0.1, 0.15) is 28.9 Å². The molecule has 8 heteroatoms. The van der Waals surface area contributed by atoms with Gasteiger partial charge < -0.3 is 4.57 Å². The molecule has 1 saturated carbocycles. The van der Waals surface area contributed by atoms with Crippen molar-refractivity contribution in [2.24, 2.45) is 11.8 Å². The van der Waals surface area contributed by atoms with E-state index in [1.807, 2.05) is 19.1 Å².